The van der Waals surface area contributed by atoms with Crippen LogP contribution < -0.4 is 5.32 Å². The lowest BCUT2D eigenvalue weighted by Crippen LogP contribution is -2.28. The number of benzene rings is 1. The van der Waals surface area contributed by atoms with Crippen molar-refractivity contribution in [2.24, 2.45) is 4.99 Å². The molecule has 18 heavy (non-hydrogen) atoms. The first kappa shape index (κ1) is 10.1. The van der Waals surface area contributed by atoms with Gasteiger partial charge in [-0.2, -0.15) is 0 Å². The van der Waals surface area contributed by atoms with Gasteiger partial charge in [-0.05, 0) is 36.5 Å². The Hall–Kier alpha value is -1.84. The summed E-state index contributed by atoms with van der Waals surface area (Å²) in [7, 11) is 0. The van der Waals surface area contributed by atoms with Gasteiger partial charge in [-0.3, -0.25) is 4.99 Å². The van der Waals surface area contributed by atoms with Crippen LogP contribution in [0.4, 0.5) is 0 Å². The third-order valence-electron chi connectivity index (χ3n) is 4.06. The number of H-pyrrole nitrogens is 1. The molecule has 2 heterocycles. The van der Waals surface area contributed by atoms with E-state index in [-0.39, 0.29) is 0 Å². The van der Waals surface area contributed by atoms with Crippen LogP contribution in [-0.4, -0.2) is 28.9 Å². The molecular weight excluding hydrogens is 224 g/mol. The van der Waals surface area contributed by atoms with Gasteiger partial charge in [-0.15, -0.1) is 0 Å². The second-order valence-electron chi connectivity index (χ2n) is 5.07. The molecule has 1 atom stereocenters. The molecule has 2 aromatic rings. The van der Waals surface area contributed by atoms with Crippen LogP contribution in [0.25, 0.3) is 11.0 Å². The smallest absolute Gasteiger partial charge is 0.104 e. The van der Waals surface area contributed by atoms with Crippen molar-refractivity contribution in [3.63, 3.8) is 0 Å². The molecule has 4 rings (SSSR count). The first-order valence-electron chi connectivity index (χ1n) is 6.66. The number of hydrogen-bond acceptors (Lipinski definition) is 3. The van der Waals surface area contributed by atoms with Gasteiger partial charge in [0.05, 0.1) is 23.9 Å². The summed E-state index contributed by atoms with van der Waals surface area (Å²) in [4.78, 5) is 12.3. The minimum Gasteiger partial charge on any atom is -0.371 e. The number of nitrogens with zero attached hydrogens (tertiary/aromatic N) is 2. The molecular formula is C14H16N4. The van der Waals surface area contributed by atoms with E-state index in [1.54, 1.807) is 6.33 Å². The first-order chi connectivity index (χ1) is 8.93. The molecule has 2 aliphatic rings. The first-order valence-corrected chi connectivity index (χ1v) is 6.66. The highest BCUT2D eigenvalue weighted by Gasteiger charge is 2.27. The molecule has 0 saturated carbocycles. The Labute approximate surface area is 106 Å². The Morgan fingerprint density at radius 3 is 3.17 bits per heavy atom. The number of aromatic nitrogens is 2. The van der Waals surface area contributed by atoms with E-state index in [1.165, 1.54) is 29.8 Å². The minimum absolute atomic E-state index is 0.456. The van der Waals surface area contributed by atoms with Crippen LogP contribution in [-0.2, 0) is 6.42 Å². The molecule has 0 fully saturated rings. The zero-order valence-corrected chi connectivity index (χ0v) is 10.2. The van der Waals surface area contributed by atoms with Crippen molar-refractivity contribution in [3.05, 3.63) is 29.6 Å². The molecule has 0 radical (unpaired) electrons. The van der Waals surface area contributed by atoms with E-state index in [4.69, 9.17) is 0 Å². The Bertz CT molecular complexity index is 626. The van der Waals surface area contributed by atoms with Crippen molar-refractivity contribution < 1.29 is 0 Å². The molecule has 1 unspecified atom stereocenters. The molecule has 2 N–H and O–H groups in total. The summed E-state index contributed by atoms with van der Waals surface area (Å²) in [6.45, 7) is 1.91. The van der Waals surface area contributed by atoms with Gasteiger partial charge >= 0.3 is 0 Å². The van der Waals surface area contributed by atoms with Crippen LogP contribution in [0.3, 0.4) is 0 Å². The van der Waals surface area contributed by atoms with E-state index in [1.807, 2.05) is 0 Å². The normalized spacial score (nSPS) is 22.7. The van der Waals surface area contributed by atoms with Crippen molar-refractivity contribution in [1.29, 1.82) is 0 Å². The van der Waals surface area contributed by atoms with Gasteiger partial charge in [0.1, 0.15) is 5.84 Å². The minimum atomic E-state index is 0.456. The number of aryl methyl sites for hydroxylation is 1. The molecule has 92 valence electrons. The van der Waals surface area contributed by atoms with Crippen LogP contribution >= 0.6 is 0 Å². The fourth-order valence-corrected chi connectivity index (χ4v) is 3.24. The molecule has 4 nitrogen and oxygen atoms in total. The van der Waals surface area contributed by atoms with Gasteiger partial charge in [-0.1, -0.05) is 6.07 Å². The fourth-order valence-electron chi connectivity index (χ4n) is 3.24. The topological polar surface area (TPSA) is 53.1 Å². The Balaban J connectivity index is 1.88. The second kappa shape index (κ2) is 3.83. The molecule has 0 saturated heterocycles. The van der Waals surface area contributed by atoms with E-state index in [0.717, 1.165) is 30.5 Å². The van der Waals surface area contributed by atoms with E-state index in [9.17, 15) is 0 Å². The quantitative estimate of drug-likeness (QED) is 0.801. The van der Waals surface area contributed by atoms with Crippen molar-refractivity contribution in [1.82, 2.24) is 15.3 Å². The Kier molecular flexibility index (Phi) is 2.15. The average molecular weight is 240 g/mol. The van der Waals surface area contributed by atoms with Crippen LogP contribution in [0.5, 0.6) is 0 Å². The average Bonchev–Trinajstić information content (AvgIpc) is 3.09. The standard InChI is InChI=1S/C14H16N4/c1-2-10-9(4-5-12-13(10)18-8-17-12)11(3-1)14-15-6-7-16-14/h4-5,8,11H,1-3,6-7H2,(H,15,16)(H,17,18). The number of rotatable bonds is 1. The number of hydrogen-bond donors (Lipinski definition) is 2. The van der Waals surface area contributed by atoms with E-state index in [0.29, 0.717) is 5.92 Å². The second-order valence-corrected chi connectivity index (χ2v) is 5.07. The lowest BCUT2D eigenvalue weighted by molar-refractivity contribution is 0.644. The number of nitrogens with one attached hydrogen (secondary N) is 2. The SMILES string of the molecule is c1nc2c3c(ccc2[nH]1)C(C1=NCCN1)CCC3. The molecule has 4 heteroatoms. The van der Waals surface area contributed by atoms with E-state index >= 15 is 0 Å². The highest BCUT2D eigenvalue weighted by atomic mass is 15.1. The van der Waals surface area contributed by atoms with E-state index in [2.05, 4.69) is 32.4 Å². The lowest BCUT2D eigenvalue weighted by Gasteiger charge is -2.25. The van der Waals surface area contributed by atoms with Crippen LogP contribution in [0.15, 0.2) is 23.5 Å². The number of aromatic amines is 1. The summed E-state index contributed by atoms with van der Waals surface area (Å²) in [5, 5.41) is 3.43. The monoisotopic (exact) mass is 240 g/mol. The molecule has 0 bridgehead atoms. The molecule has 1 aromatic heterocycles. The Morgan fingerprint density at radius 2 is 2.28 bits per heavy atom. The van der Waals surface area contributed by atoms with Crippen LogP contribution in [0, 0.1) is 0 Å². The summed E-state index contributed by atoms with van der Waals surface area (Å²) in [6.07, 6.45) is 5.36. The van der Waals surface area contributed by atoms with Gasteiger partial charge in [0.25, 0.3) is 0 Å². The molecule has 0 spiro atoms. The number of amidine groups is 1. The van der Waals surface area contributed by atoms with Gasteiger partial charge in [0.2, 0.25) is 0 Å². The van der Waals surface area contributed by atoms with Crippen molar-refractivity contribution >= 4 is 16.9 Å². The maximum atomic E-state index is 4.60. The predicted octanol–water partition coefficient (Wildman–Crippen LogP) is 1.98. The number of aliphatic imine (C=N–C) groups is 1. The van der Waals surface area contributed by atoms with Gasteiger partial charge in [0, 0.05) is 12.5 Å². The van der Waals surface area contributed by atoms with Crippen LogP contribution in [0.1, 0.15) is 29.9 Å². The van der Waals surface area contributed by atoms with Crippen molar-refractivity contribution in [3.8, 4) is 0 Å². The molecule has 1 aliphatic heterocycles. The van der Waals surface area contributed by atoms with Gasteiger partial charge in [-0.25, -0.2) is 4.98 Å². The summed E-state index contributed by atoms with van der Waals surface area (Å²) < 4.78 is 0. The maximum Gasteiger partial charge on any atom is 0.104 e. The Morgan fingerprint density at radius 1 is 1.28 bits per heavy atom. The number of fused-ring (bicyclic) bond motifs is 3. The maximum absolute atomic E-state index is 4.60. The summed E-state index contributed by atoms with van der Waals surface area (Å²) >= 11 is 0. The summed E-state index contributed by atoms with van der Waals surface area (Å²) in [5.41, 5.74) is 5.14. The highest BCUT2D eigenvalue weighted by Crippen LogP contribution is 2.35. The third kappa shape index (κ3) is 1.38. The summed E-state index contributed by atoms with van der Waals surface area (Å²) in [5.74, 6) is 1.64. The third-order valence-corrected chi connectivity index (χ3v) is 4.06. The summed E-state index contributed by atoms with van der Waals surface area (Å²) in [6, 6.07) is 4.40. The zero-order chi connectivity index (χ0) is 11.9. The zero-order valence-electron chi connectivity index (χ0n) is 10.2. The molecule has 1 aliphatic carbocycles. The highest BCUT2D eigenvalue weighted by molar-refractivity contribution is 5.92. The molecule has 0 amide bonds. The van der Waals surface area contributed by atoms with Crippen molar-refractivity contribution in [2.75, 3.05) is 13.1 Å². The largest absolute Gasteiger partial charge is 0.371 e. The van der Waals surface area contributed by atoms with Crippen molar-refractivity contribution in [2.45, 2.75) is 25.2 Å². The fraction of sp³-hybridized carbons (Fsp3) is 0.429. The van der Waals surface area contributed by atoms with Crippen LogP contribution in [0.2, 0.25) is 0 Å². The predicted molar refractivity (Wildman–Crippen MR) is 72.1 cm³/mol. The molecule has 1 aromatic carbocycles. The lowest BCUT2D eigenvalue weighted by atomic mass is 9.81. The van der Waals surface area contributed by atoms with E-state index < -0.39 is 0 Å². The van der Waals surface area contributed by atoms with Gasteiger partial charge < -0.3 is 10.3 Å². The van der Waals surface area contributed by atoms with Gasteiger partial charge in [0.15, 0.2) is 0 Å². The number of imidazole rings is 1.